The second kappa shape index (κ2) is 15.4. The lowest BCUT2D eigenvalue weighted by molar-refractivity contribution is -0.116. The first-order chi connectivity index (χ1) is 24.0. The van der Waals surface area contributed by atoms with Crippen molar-refractivity contribution in [2.45, 2.75) is 0 Å². The SMILES string of the molecule is CN1CCN(C(=O)c2ccc(-c3ccc(/C=C4\SC(=S)NC4=O)o3)cc2)CC1.O=C1NC(=S)S/C1=C\c1ccc(-c2ccc(C(=O)O)cc2)o1. The number of carbonyl (C=O) groups excluding carboxylic acids is 3. The van der Waals surface area contributed by atoms with Gasteiger partial charge in [-0.15, -0.1) is 0 Å². The molecular formula is C35H28N4O7S4. The molecule has 0 radical (unpaired) electrons. The summed E-state index contributed by atoms with van der Waals surface area (Å²) in [4.78, 5) is 51.9. The van der Waals surface area contributed by atoms with Crippen molar-refractivity contribution in [3.63, 3.8) is 0 Å². The fourth-order valence-corrected chi connectivity index (χ4v) is 7.07. The zero-order valence-electron chi connectivity index (χ0n) is 26.3. The molecule has 0 bridgehead atoms. The molecule has 0 unspecified atom stereocenters. The molecule has 3 N–H and O–H groups in total. The number of amides is 3. The number of hydrogen-bond donors (Lipinski definition) is 3. The number of rotatable bonds is 6. The van der Waals surface area contributed by atoms with Crippen molar-refractivity contribution in [2.75, 3.05) is 33.2 Å². The van der Waals surface area contributed by atoms with Crippen molar-refractivity contribution in [1.82, 2.24) is 20.4 Å². The molecule has 2 aromatic carbocycles. The van der Waals surface area contributed by atoms with Gasteiger partial charge >= 0.3 is 5.97 Å². The number of carboxylic acids is 1. The second-order valence-electron chi connectivity index (χ2n) is 11.2. The van der Waals surface area contributed by atoms with Crippen LogP contribution < -0.4 is 10.6 Å². The van der Waals surface area contributed by atoms with Crippen LogP contribution in [-0.2, 0) is 9.59 Å². The Balaban J connectivity index is 0.000000178. The number of hydrogen-bond acceptors (Lipinski definition) is 11. The summed E-state index contributed by atoms with van der Waals surface area (Å²) in [6.45, 7) is 3.30. The zero-order chi connectivity index (χ0) is 35.4. The summed E-state index contributed by atoms with van der Waals surface area (Å²) in [5.74, 6) is 1.01. The number of furan rings is 2. The largest absolute Gasteiger partial charge is 0.478 e. The van der Waals surface area contributed by atoms with Crippen molar-refractivity contribution in [3.05, 3.63) is 105 Å². The number of thiocarbonyl (C=S) groups is 2. The van der Waals surface area contributed by atoms with Gasteiger partial charge in [0.1, 0.15) is 31.7 Å². The minimum atomic E-state index is -0.975. The van der Waals surface area contributed by atoms with Gasteiger partial charge in [-0.3, -0.25) is 14.4 Å². The lowest BCUT2D eigenvalue weighted by Crippen LogP contribution is -2.47. The Hall–Kier alpha value is -4.80. The van der Waals surface area contributed by atoms with E-state index < -0.39 is 5.97 Å². The van der Waals surface area contributed by atoms with E-state index in [-0.39, 0.29) is 23.3 Å². The summed E-state index contributed by atoms with van der Waals surface area (Å²) in [6.07, 6.45) is 3.29. The number of nitrogens with zero attached hydrogens (tertiary/aromatic N) is 2. The maximum atomic E-state index is 12.6. The molecule has 3 aliphatic heterocycles. The third kappa shape index (κ3) is 8.49. The van der Waals surface area contributed by atoms with Gasteiger partial charge in [-0.2, -0.15) is 0 Å². The standard InChI is InChI=1S/C20H19N3O3S2.C15H9NO4S2/c1-22-8-10-23(11-9-22)19(25)14-4-2-13(3-5-14)16-7-6-15(26-16)12-17-18(24)21-20(27)28-17;17-13-12(22-15(21)16-13)7-10-5-6-11(20-10)8-1-3-9(4-2-8)14(18)19/h2-7,12H,8-11H2,1H3,(H,21,24,27);1-7H,(H,18,19)(H,16,17,21)/b17-12-;12-7-. The molecule has 50 heavy (non-hydrogen) atoms. The fourth-order valence-electron chi connectivity index (χ4n) is 5.02. The maximum Gasteiger partial charge on any atom is 0.335 e. The van der Waals surface area contributed by atoms with E-state index in [1.165, 1.54) is 35.7 Å². The van der Waals surface area contributed by atoms with Gasteiger partial charge in [0, 0.05) is 55.0 Å². The van der Waals surface area contributed by atoms with E-state index in [0.717, 1.165) is 37.3 Å². The molecule has 15 heteroatoms. The number of nitrogens with one attached hydrogen (secondary N) is 2. The first kappa shape index (κ1) is 35.0. The van der Waals surface area contributed by atoms with Crippen LogP contribution in [0.15, 0.2) is 91.4 Å². The smallest absolute Gasteiger partial charge is 0.335 e. The Kier molecular flexibility index (Phi) is 10.8. The van der Waals surface area contributed by atoms with E-state index >= 15 is 0 Å². The van der Waals surface area contributed by atoms with Crippen LogP contribution in [0.3, 0.4) is 0 Å². The maximum absolute atomic E-state index is 12.6. The summed E-state index contributed by atoms with van der Waals surface area (Å²) in [6, 6.07) is 20.9. The Labute approximate surface area is 305 Å². The number of thioether (sulfide) groups is 2. The van der Waals surface area contributed by atoms with Crippen molar-refractivity contribution >= 4 is 92.4 Å². The van der Waals surface area contributed by atoms with Crippen LogP contribution in [0.5, 0.6) is 0 Å². The summed E-state index contributed by atoms with van der Waals surface area (Å²) in [7, 11) is 2.07. The molecule has 3 fully saturated rings. The molecule has 3 aliphatic rings. The Bertz CT molecular complexity index is 2060. The summed E-state index contributed by atoms with van der Waals surface area (Å²) >= 11 is 12.3. The van der Waals surface area contributed by atoms with E-state index in [1.54, 1.807) is 42.5 Å². The molecule has 2 aromatic heterocycles. The average Bonchev–Trinajstić information content (AvgIpc) is 3.90. The van der Waals surface area contributed by atoms with Crippen LogP contribution in [0, 0.1) is 0 Å². The van der Waals surface area contributed by atoms with Gasteiger partial charge in [0.15, 0.2) is 0 Å². The van der Waals surface area contributed by atoms with Gasteiger partial charge in [0.05, 0.1) is 15.4 Å². The molecule has 7 rings (SSSR count). The highest BCUT2D eigenvalue weighted by Gasteiger charge is 2.24. The highest BCUT2D eigenvalue weighted by atomic mass is 32.2. The molecule has 0 saturated carbocycles. The van der Waals surface area contributed by atoms with Gasteiger partial charge in [-0.25, -0.2) is 4.79 Å². The van der Waals surface area contributed by atoms with Gasteiger partial charge in [0.25, 0.3) is 17.7 Å². The first-order valence-corrected chi connectivity index (χ1v) is 17.6. The molecule has 0 atom stereocenters. The van der Waals surface area contributed by atoms with Crippen LogP contribution in [-0.4, -0.2) is 80.5 Å². The number of carbonyl (C=O) groups is 4. The topological polar surface area (TPSA) is 145 Å². The third-order valence-corrected chi connectivity index (χ3v) is 10.0. The highest BCUT2D eigenvalue weighted by molar-refractivity contribution is 8.27. The monoisotopic (exact) mass is 744 g/mol. The van der Waals surface area contributed by atoms with E-state index in [4.69, 9.17) is 38.4 Å². The molecule has 5 heterocycles. The Morgan fingerprint density at radius 2 is 1.14 bits per heavy atom. The third-order valence-electron chi connectivity index (χ3n) is 7.71. The lowest BCUT2D eigenvalue weighted by Gasteiger charge is -2.32. The number of aromatic carboxylic acids is 1. The number of likely N-dealkylation sites (N-methyl/N-ethyl adjacent to an activating group) is 1. The molecule has 4 aromatic rings. The molecule has 3 amide bonds. The van der Waals surface area contributed by atoms with E-state index in [2.05, 4.69) is 22.6 Å². The minimum Gasteiger partial charge on any atom is -0.478 e. The number of carboxylic acid groups (broad SMARTS) is 1. The van der Waals surface area contributed by atoms with Crippen LogP contribution >= 0.6 is 48.0 Å². The Morgan fingerprint density at radius 1 is 0.700 bits per heavy atom. The zero-order valence-corrected chi connectivity index (χ0v) is 29.6. The van der Waals surface area contributed by atoms with Gasteiger partial charge in [-0.1, -0.05) is 72.2 Å². The second-order valence-corrected chi connectivity index (χ2v) is 14.6. The average molecular weight is 745 g/mol. The van der Waals surface area contributed by atoms with Crippen LogP contribution in [0.2, 0.25) is 0 Å². The molecule has 254 valence electrons. The van der Waals surface area contributed by atoms with Gasteiger partial charge in [0.2, 0.25) is 0 Å². The Morgan fingerprint density at radius 3 is 1.54 bits per heavy atom. The van der Waals surface area contributed by atoms with Crippen molar-refractivity contribution in [2.24, 2.45) is 0 Å². The lowest BCUT2D eigenvalue weighted by atomic mass is 10.1. The quantitative estimate of drug-likeness (QED) is 0.158. The minimum absolute atomic E-state index is 0.0600. The van der Waals surface area contributed by atoms with E-state index in [0.29, 0.717) is 47.1 Å². The van der Waals surface area contributed by atoms with Crippen molar-refractivity contribution < 1.29 is 33.1 Å². The van der Waals surface area contributed by atoms with Crippen LogP contribution in [0.25, 0.3) is 34.8 Å². The summed E-state index contributed by atoms with van der Waals surface area (Å²) in [5.41, 5.74) is 2.52. The van der Waals surface area contributed by atoms with E-state index in [9.17, 15) is 19.2 Å². The molecular weight excluding hydrogens is 717 g/mol. The number of piperazine rings is 1. The van der Waals surface area contributed by atoms with Crippen LogP contribution in [0.1, 0.15) is 32.2 Å². The van der Waals surface area contributed by atoms with Crippen molar-refractivity contribution in [3.8, 4) is 22.6 Å². The molecule has 3 saturated heterocycles. The summed E-state index contributed by atoms with van der Waals surface area (Å²) < 4.78 is 12.4. The summed E-state index contributed by atoms with van der Waals surface area (Å²) in [5, 5.41) is 14.0. The molecule has 0 spiro atoms. The highest BCUT2D eigenvalue weighted by Crippen LogP contribution is 2.30. The predicted octanol–water partition coefficient (Wildman–Crippen LogP) is 5.96. The van der Waals surface area contributed by atoms with Crippen LogP contribution in [0.4, 0.5) is 0 Å². The van der Waals surface area contributed by atoms with Gasteiger partial charge < -0.3 is 34.4 Å². The van der Waals surface area contributed by atoms with E-state index in [1.807, 2.05) is 35.2 Å². The molecule has 11 nitrogen and oxygen atoms in total. The molecule has 0 aliphatic carbocycles. The van der Waals surface area contributed by atoms with Gasteiger partial charge in [-0.05, 0) is 55.6 Å². The normalized spacial score (nSPS) is 17.9. The first-order valence-electron chi connectivity index (χ1n) is 15.1. The van der Waals surface area contributed by atoms with Crippen molar-refractivity contribution in [1.29, 1.82) is 0 Å². The fraction of sp³-hybridized carbons (Fsp3) is 0.143. The number of benzene rings is 2. The predicted molar refractivity (Wildman–Crippen MR) is 201 cm³/mol.